The first-order valence-electron chi connectivity index (χ1n) is 11.9. The predicted molar refractivity (Wildman–Crippen MR) is 129 cm³/mol. The van der Waals surface area contributed by atoms with Gasteiger partial charge in [0.15, 0.2) is 0 Å². The van der Waals surface area contributed by atoms with Gasteiger partial charge in [-0.05, 0) is 81.3 Å². The van der Waals surface area contributed by atoms with E-state index in [0.29, 0.717) is 17.5 Å². The molecule has 5 nitrogen and oxygen atoms in total. The van der Waals surface area contributed by atoms with Crippen LogP contribution in [0.2, 0.25) is 0 Å². The fraction of sp³-hybridized carbons (Fsp3) is 0.538. The van der Waals surface area contributed by atoms with E-state index in [1.165, 1.54) is 24.9 Å². The Labute approximate surface area is 193 Å². The molecule has 2 aromatic rings. The minimum atomic E-state index is -3.50. The monoisotopic (exact) mass is 456 g/mol. The summed E-state index contributed by atoms with van der Waals surface area (Å²) in [4.78, 5) is 2.94. The molecule has 0 aliphatic carbocycles. The van der Waals surface area contributed by atoms with Gasteiger partial charge in [0.05, 0.1) is 11.0 Å². The lowest BCUT2D eigenvalue weighted by atomic mass is 10.0. The standard InChI is InChI=1S/C26H36N2O3S/c1-20-5-4-16-27(20)17-14-22-6-8-23(9-7-22)24-10-12-26(13-11-24)32(29,30)28-18-15-25(31-3)19-21(28)2/h6-13,20-21,25H,4-5,14-19H2,1-3H3. The summed E-state index contributed by atoms with van der Waals surface area (Å²) in [6, 6.07) is 16.6. The highest BCUT2D eigenvalue weighted by Crippen LogP contribution is 2.28. The molecule has 0 amide bonds. The lowest BCUT2D eigenvalue weighted by Gasteiger charge is -2.36. The van der Waals surface area contributed by atoms with Crippen LogP contribution in [0.3, 0.4) is 0 Å². The minimum Gasteiger partial charge on any atom is -0.381 e. The number of benzene rings is 2. The highest BCUT2D eigenvalue weighted by molar-refractivity contribution is 7.89. The van der Waals surface area contributed by atoms with Crippen molar-refractivity contribution in [3.05, 3.63) is 54.1 Å². The molecule has 0 bridgehead atoms. The maximum atomic E-state index is 13.2. The second kappa shape index (κ2) is 10.0. The average molecular weight is 457 g/mol. The van der Waals surface area contributed by atoms with Gasteiger partial charge in [0.25, 0.3) is 0 Å². The molecule has 3 unspecified atom stereocenters. The van der Waals surface area contributed by atoms with Crippen molar-refractivity contribution in [3.63, 3.8) is 0 Å². The van der Waals surface area contributed by atoms with Crippen molar-refractivity contribution in [1.82, 2.24) is 9.21 Å². The number of piperidine rings is 1. The van der Waals surface area contributed by atoms with Crippen molar-refractivity contribution >= 4 is 10.0 Å². The van der Waals surface area contributed by atoms with Crippen LogP contribution in [0.4, 0.5) is 0 Å². The first-order valence-corrected chi connectivity index (χ1v) is 13.3. The first-order chi connectivity index (χ1) is 15.4. The Balaban J connectivity index is 1.41. The van der Waals surface area contributed by atoms with Crippen molar-refractivity contribution in [3.8, 4) is 11.1 Å². The van der Waals surface area contributed by atoms with Crippen LogP contribution in [0.15, 0.2) is 53.4 Å². The van der Waals surface area contributed by atoms with Crippen LogP contribution in [-0.2, 0) is 21.2 Å². The van der Waals surface area contributed by atoms with E-state index in [-0.39, 0.29) is 12.1 Å². The van der Waals surface area contributed by atoms with Gasteiger partial charge in [-0.2, -0.15) is 4.31 Å². The van der Waals surface area contributed by atoms with Crippen LogP contribution in [0.1, 0.15) is 45.1 Å². The number of sulfonamides is 1. The Morgan fingerprint density at radius 3 is 2.12 bits per heavy atom. The van der Waals surface area contributed by atoms with E-state index in [4.69, 9.17) is 4.74 Å². The smallest absolute Gasteiger partial charge is 0.243 e. The fourth-order valence-corrected chi connectivity index (χ4v) is 6.75. The zero-order chi connectivity index (χ0) is 22.7. The molecule has 0 N–H and O–H groups in total. The zero-order valence-electron chi connectivity index (χ0n) is 19.5. The quantitative estimate of drug-likeness (QED) is 0.612. The number of hydrogen-bond acceptors (Lipinski definition) is 4. The number of hydrogen-bond donors (Lipinski definition) is 0. The summed E-state index contributed by atoms with van der Waals surface area (Å²) in [5, 5.41) is 0. The summed E-state index contributed by atoms with van der Waals surface area (Å²) < 4.78 is 33.4. The molecule has 6 heteroatoms. The molecule has 2 fully saturated rings. The Morgan fingerprint density at radius 2 is 1.56 bits per heavy atom. The highest BCUT2D eigenvalue weighted by atomic mass is 32.2. The number of rotatable bonds is 7. The van der Waals surface area contributed by atoms with Gasteiger partial charge in [0.2, 0.25) is 10.0 Å². The SMILES string of the molecule is COC1CCN(S(=O)(=O)c2ccc(-c3ccc(CCN4CCCC4C)cc3)cc2)C(C)C1. The Kier molecular flexibility index (Phi) is 7.35. The molecule has 4 rings (SSSR count). The molecule has 32 heavy (non-hydrogen) atoms. The van der Waals surface area contributed by atoms with Crippen LogP contribution >= 0.6 is 0 Å². The summed E-state index contributed by atoms with van der Waals surface area (Å²) in [5.74, 6) is 0. The van der Waals surface area contributed by atoms with E-state index in [9.17, 15) is 8.42 Å². The third kappa shape index (κ3) is 5.09. The largest absolute Gasteiger partial charge is 0.381 e. The molecular weight excluding hydrogens is 420 g/mol. The van der Waals surface area contributed by atoms with E-state index in [2.05, 4.69) is 36.1 Å². The molecule has 0 saturated carbocycles. The van der Waals surface area contributed by atoms with E-state index < -0.39 is 10.0 Å². The van der Waals surface area contributed by atoms with Gasteiger partial charge in [-0.25, -0.2) is 8.42 Å². The second-order valence-corrected chi connectivity index (χ2v) is 11.2. The van der Waals surface area contributed by atoms with Crippen molar-refractivity contribution < 1.29 is 13.2 Å². The van der Waals surface area contributed by atoms with Gasteiger partial charge >= 0.3 is 0 Å². The third-order valence-electron chi connectivity index (χ3n) is 7.23. The van der Waals surface area contributed by atoms with Crippen LogP contribution in [0, 0.1) is 0 Å². The number of likely N-dealkylation sites (tertiary alicyclic amines) is 1. The summed E-state index contributed by atoms with van der Waals surface area (Å²) in [5.41, 5.74) is 3.50. The van der Waals surface area contributed by atoms with E-state index in [1.54, 1.807) is 23.5 Å². The van der Waals surface area contributed by atoms with Gasteiger partial charge in [-0.1, -0.05) is 36.4 Å². The number of ether oxygens (including phenoxy) is 1. The first kappa shape index (κ1) is 23.4. The average Bonchev–Trinajstić information content (AvgIpc) is 3.22. The van der Waals surface area contributed by atoms with Crippen molar-refractivity contribution in [2.75, 3.05) is 26.7 Å². The summed E-state index contributed by atoms with van der Waals surface area (Å²) >= 11 is 0. The maximum absolute atomic E-state index is 13.2. The molecule has 2 saturated heterocycles. The topological polar surface area (TPSA) is 49.9 Å². The molecular formula is C26H36N2O3S. The molecule has 2 aromatic carbocycles. The lowest BCUT2D eigenvalue weighted by Crippen LogP contribution is -2.46. The molecule has 0 radical (unpaired) electrons. The van der Waals surface area contributed by atoms with E-state index in [0.717, 1.165) is 36.9 Å². The van der Waals surface area contributed by atoms with Crippen LogP contribution in [0.25, 0.3) is 11.1 Å². The normalized spacial score (nSPS) is 25.3. The maximum Gasteiger partial charge on any atom is 0.243 e. The summed E-state index contributed by atoms with van der Waals surface area (Å²) in [7, 11) is -1.80. The lowest BCUT2D eigenvalue weighted by molar-refractivity contribution is 0.0422. The van der Waals surface area contributed by atoms with Gasteiger partial charge in [0.1, 0.15) is 0 Å². The molecule has 0 spiro atoms. The van der Waals surface area contributed by atoms with Gasteiger partial charge in [0, 0.05) is 32.3 Å². The molecule has 2 aliphatic rings. The zero-order valence-corrected chi connectivity index (χ0v) is 20.4. The Hall–Kier alpha value is -1.73. The van der Waals surface area contributed by atoms with Gasteiger partial charge < -0.3 is 9.64 Å². The molecule has 174 valence electrons. The fourth-order valence-electron chi connectivity index (χ4n) is 5.09. The molecule has 2 aliphatic heterocycles. The minimum absolute atomic E-state index is 0.0607. The van der Waals surface area contributed by atoms with Crippen molar-refractivity contribution in [1.29, 1.82) is 0 Å². The van der Waals surface area contributed by atoms with Crippen molar-refractivity contribution in [2.45, 2.75) is 69.0 Å². The number of nitrogens with zero attached hydrogens (tertiary/aromatic N) is 2. The van der Waals surface area contributed by atoms with Crippen LogP contribution in [-0.4, -0.2) is 62.6 Å². The summed E-state index contributed by atoms with van der Waals surface area (Å²) in [6.45, 7) is 7.12. The molecule has 2 heterocycles. The van der Waals surface area contributed by atoms with E-state index >= 15 is 0 Å². The number of methoxy groups -OCH3 is 1. The Morgan fingerprint density at radius 1 is 0.906 bits per heavy atom. The second-order valence-electron chi connectivity index (χ2n) is 9.35. The van der Waals surface area contributed by atoms with Gasteiger partial charge in [-0.3, -0.25) is 0 Å². The Bertz CT molecular complexity index is 989. The van der Waals surface area contributed by atoms with Crippen LogP contribution < -0.4 is 0 Å². The molecule has 0 aromatic heterocycles. The highest BCUT2D eigenvalue weighted by Gasteiger charge is 2.34. The van der Waals surface area contributed by atoms with Crippen molar-refractivity contribution in [2.24, 2.45) is 0 Å². The van der Waals surface area contributed by atoms with Gasteiger partial charge in [-0.15, -0.1) is 0 Å². The van der Waals surface area contributed by atoms with E-state index in [1.807, 2.05) is 19.1 Å². The molecule has 3 atom stereocenters. The summed E-state index contributed by atoms with van der Waals surface area (Å²) in [6.07, 6.45) is 5.31. The third-order valence-corrected chi connectivity index (χ3v) is 9.25. The van der Waals surface area contributed by atoms with Crippen LogP contribution in [0.5, 0.6) is 0 Å². The predicted octanol–water partition coefficient (Wildman–Crippen LogP) is 4.57.